The second-order valence-electron chi connectivity index (χ2n) is 8.44. The van der Waals surface area contributed by atoms with Crippen molar-refractivity contribution in [1.29, 1.82) is 0 Å². The van der Waals surface area contributed by atoms with Gasteiger partial charge in [-0.05, 0) is 17.7 Å². The highest BCUT2D eigenvalue weighted by atomic mass is 35.5. The van der Waals surface area contributed by atoms with E-state index in [2.05, 4.69) is 41.0 Å². The number of carbonyl (C=O) groups excluding carboxylic acids is 1. The molecule has 1 amide bonds. The molecule has 2 aromatic rings. The van der Waals surface area contributed by atoms with E-state index >= 15 is 0 Å². The molecule has 1 N–H and O–H groups in total. The Kier molecular flexibility index (Phi) is 7.02. The van der Waals surface area contributed by atoms with Crippen LogP contribution in [-0.2, 0) is 23.2 Å². The summed E-state index contributed by atoms with van der Waals surface area (Å²) in [4.78, 5) is 25.4. The number of piperazine rings is 1. The van der Waals surface area contributed by atoms with Gasteiger partial charge in [0.25, 0.3) is 0 Å². The molecule has 0 spiro atoms. The standard InChI is InChI=1S/C22H30ClN5O2/c1-22(2,3)18-14-25-19(30-18)15-26-21(24-4)28-10-8-27(9-11-28)20(29)13-16-6-5-7-17(23)12-16/h5-7,12,14H,8-11,13,15H2,1-4H3,(H,24,26). The van der Waals surface area contributed by atoms with E-state index in [4.69, 9.17) is 16.0 Å². The average molecular weight is 432 g/mol. The number of aromatic nitrogens is 1. The number of nitrogens with one attached hydrogen (secondary N) is 1. The fourth-order valence-electron chi connectivity index (χ4n) is 3.33. The molecule has 0 aliphatic carbocycles. The summed E-state index contributed by atoms with van der Waals surface area (Å²) >= 11 is 6.02. The quantitative estimate of drug-likeness (QED) is 0.594. The number of oxazole rings is 1. The predicted molar refractivity (Wildman–Crippen MR) is 119 cm³/mol. The summed E-state index contributed by atoms with van der Waals surface area (Å²) < 4.78 is 5.83. The highest BCUT2D eigenvalue weighted by molar-refractivity contribution is 6.30. The third kappa shape index (κ3) is 5.75. The minimum atomic E-state index is -0.0686. The van der Waals surface area contributed by atoms with E-state index in [0.717, 1.165) is 30.4 Å². The first-order valence-electron chi connectivity index (χ1n) is 10.2. The molecule has 0 atom stereocenters. The van der Waals surface area contributed by atoms with Crippen LogP contribution in [0.4, 0.5) is 0 Å². The Hall–Kier alpha value is -2.54. The summed E-state index contributed by atoms with van der Waals surface area (Å²) in [7, 11) is 1.76. The largest absolute Gasteiger partial charge is 0.443 e. The molecule has 8 heteroatoms. The Bertz CT molecular complexity index is 895. The van der Waals surface area contributed by atoms with Gasteiger partial charge in [0.2, 0.25) is 11.8 Å². The Morgan fingerprint density at radius 3 is 2.53 bits per heavy atom. The fraction of sp³-hybridized carbons (Fsp3) is 0.500. The molecule has 30 heavy (non-hydrogen) atoms. The first-order chi connectivity index (χ1) is 14.3. The van der Waals surface area contributed by atoms with Gasteiger partial charge in [-0.25, -0.2) is 4.98 Å². The summed E-state index contributed by atoms with van der Waals surface area (Å²) in [6.07, 6.45) is 2.15. The van der Waals surface area contributed by atoms with Crippen LogP contribution in [0.3, 0.4) is 0 Å². The van der Waals surface area contributed by atoms with E-state index in [1.165, 1.54) is 0 Å². The molecule has 0 radical (unpaired) electrons. The average Bonchev–Trinajstić information content (AvgIpc) is 3.18. The lowest BCUT2D eigenvalue weighted by atomic mass is 9.94. The van der Waals surface area contributed by atoms with Crippen LogP contribution < -0.4 is 5.32 Å². The van der Waals surface area contributed by atoms with E-state index < -0.39 is 0 Å². The highest BCUT2D eigenvalue weighted by Gasteiger charge is 2.24. The number of guanidine groups is 1. The molecule has 162 valence electrons. The molecule has 7 nitrogen and oxygen atoms in total. The molecule has 1 fully saturated rings. The number of hydrogen-bond donors (Lipinski definition) is 1. The van der Waals surface area contributed by atoms with Crippen LogP contribution in [-0.4, -0.2) is 59.9 Å². The minimum Gasteiger partial charge on any atom is -0.443 e. The van der Waals surface area contributed by atoms with E-state index in [0.29, 0.717) is 37.0 Å². The molecule has 1 aliphatic rings. The van der Waals surface area contributed by atoms with Crippen LogP contribution in [0.15, 0.2) is 39.9 Å². The highest BCUT2D eigenvalue weighted by Crippen LogP contribution is 2.22. The van der Waals surface area contributed by atoms with E-state index in [1.54, 1.807) is 13.2 Å². The van der Waals surface area contributed by atoms with Crippen molar-refractivity contribution in [1.82, 2.24) is 20.1 Å². The summed E-state index contributed by atoms with van der Waals surface area (Å²) in [5, 5.41) is 3.97. The van der Waals surface area contributed by atoms with Gasteiger partial charge < -0.3 is 19.5 Å². The summed E-state index contributed by atoms with van der Waals surface area (Å²) in [6.45, 7) is 9.52. The van der Waals surface area contributed by atoms with Crippen LogP contribution in [0.5, 0.6) is 0 Å². The molecular weight excluding hydrogens is 402 g/mol. The molecule has 0 unspecified atom stereocenters. The van der Waals surface area contributed by atoms with Crippen LogP contribution in [0.25, 0.3) is 0 Å². The molecule has 1 aromatic heterocycles. The first kappa shape index (κ1) is 22.2. The van der Waals surface area contributed by atoms with Crippen LogP contribution in [0.1, 0.15) is 38.0 Å². The third-order valence-corrected chi connectivity index (χ3v) is 5.31. The van der Waals surface area contributed by atoms with Gasteiger partial charge in [0.05, 0.1) is 19.2 Å². The van der Waals surface area contributed by atoms with Gasteiger partial charge in [0.15, 0.2) is 5.96 Å². The Balaban J connectivity index is 1.49. The number of amides is 1. The number of aliphatic imine (C=N–C) groups is 1. The molecule has 1 aromatic carbocycles. The van der Waals surface area contributed by atoms with Crippen molar-refractivity contribution in [3.63, 3.8) is 0 Å². The number of rotatable bonds is 4. The summed E-state index contributed by atoms with van der Waals surface area (Å²) in [5.41, 5.74) is 0.869. The van der Waals surface area contributed by atoms with Crippen molar-refractivity contribution in [3.8, 4) is 0 Å². The number of nitrogens with zero attached hydrogens (tertiary/aromatic N) is 4. The third-order valence-electron chi connectivity index (χ3n) is 5.08. The SMILES string of the molecule is CN=C(NCc1ncc(C(C)(C)C)o1)N1CCN(C(=O)Cc2cccc(Cl)c2)CC1. The zero-order valence-corrected chi connectivity index (χ0v) is 18.9. The summed E-state index contributed by atoms with van der Waals surface area (Å²) in [5.74, 6) is 2.40. The van der Waals surface area contributed by atoms with Crippen LogP contribution >= 0.6 is 11.6 Å². The van der Waals surface area contributed by atoms with Crippen molar-refractivity contribution in [2.75, 3.05) is 33.2 Å². The van der Waals surface area contributed by atoms with Gasteiger partial charge in [0, 0.05) is 43.7 Å². The van der Waals surface area contributed by atoms with Crippen molar-refractivity contribution < 1.29 is 9.21 Å². The number of halogens is 1. The molecule has 1 saturated heterocycles. The monoisotopic (exact) mass is 431 g/mol. The smallest absolute Gasteiger partial charge is 0.227 e. The number of carbonyl (C=O) groups is 1. The van der Waals surface area contributed by atoms with Crippen molar-refractivity contribution >= 4 is 23.5 Å². The molecule has 2 heterocycles. The lowest BCUT2D eigenvalue weighted by molar-refractivity contribution is -0.131. The van der Waals surface area contributed by atoms with Crippen LogP contribution in [0, 0.1) is 0 Å². The van der Waals surface area contributed by atoms with Gasteiger partial charge in [0.1, 0.15) is 5.76 Å². The molecular formula is C22H30ClN5O2. The van der Waals surface area contributed by atoms with Gasteiger partial charge in [-0.1, -0.05) is 44.5 Å². The molecule has 1 aliphatic heterocycles. The Morgan fingerprint density at radius 2 is 1.93 bits per heavy atom. The lowest BCUT2D eigenvalue weighted by Crippen LogP contribution is -2.53. The normalized spacial score (nSPS) is 15.4. The molecule has 0 bridgehead atoms. The van der Waals surface area contributed by atoms with Gasteiger partial charge in [-0.15, -0.1) is 0 Å². The van der Waals surface area contributed by atoms with Crippen molar-refractivity contribution in [2.24, 2.45) is 4.99 Å². The maximum atomic E-state index is 12.6. The van der Waals surface area contributed by atoms with E-state index in [9.17, 15) is 4.79 Å². The Morgan fingerprint density at radius 1 is 1.23 bits per heavy atom. The minimum absolute atomic E-state index is 0.0686. The summed E-state index contributed by atoms with van der Waals surface area (Å²) in [6, 6.07) is 7.46. The van der Waals surface area contributed by atoms with Crippen molar-refractivity contribution in [3.05, 3.63) is 52.7 Å². The number of benzene rings is 1. The topological polar surface area (TPSA) is 74.0 Å². The number of hydrogen-bond acceptors (Lipinski definition) is 4. The second-order valence-corrected chi connectivity index (χ2v) is 8.88. The van der Waals surface area contributed by atoms with Gasteiger partial charge in [-0.2, -0.15) is 0 Å². The maximum absolute atomic E-state index is 12.6. The fourth-order valence-corrected chi connectivity index (χ4v) is 3.54. The molecule has 0 saturated carbocycles. The second kappa shape index (κ2) is 9.51. The predicted octanol–water partition coefficient (Wildman–Crippen LogP) is 3.09. The maximum Gasteiger partial charge on any atom is 0.227 e. The zero-order chi connectivity index (χ0) is 21.7. The van der Waals surface area contributed by atoms with Crippen molar-refractivity contribution in [2.45, 2.75) is 39.2 Å². The van der Waals surface area contributed by atoms with Crippen LogP contribution in [0.2, 0.25) is 5.02 Å². The van der Waals surface area contributed by atoms with Gasteiger partial charge in [-0.3, -0.25) is 9.79 Å². The Labute approximate surface area is 183 Å². The lowest BCUT2D eigenvalue weighted by Gasteiger charge is -2.36. The zero-order valence-electron chi connectivity index (χ0n) is 18.1. The van der Waals surface area contributed by atoms with E-state index in [1.807, 2.05) is 29.2 Å². The first-order valence-corrected chi connectivity index (χ1v) is 10.6. The molecule has 3 rings (SSSR count). The van der Waals surface area contributed by atoms with Gasteiger partial charge >= 0.3 is 0 Å². The van der Waals surface area contributed by atoms with E-state index in [-0.39, 0.29) is 11.3 Å².